The highest BCUT2D eigenvalue weighted by molar-refractivity contribution is 5.96. The fourth-order valence-corrected chi connectivity index (χ4v) is 2.37. The highest BCUT2D eigenvalue weighted by Gasteiger charge is 2.32. The molecular formula is C17H20FNO2. The number of aliphatic hydroxyl groups is 1. The first kappa shape index (κ1) is 15.5. The summed E-state index contributed by atoms with van der Waals surface area (Å²) in [5, 5.41) is 11.6. The monoisotopic (exact) mass is 289 g/mol. The van der Waals surface area contributed by atoms with E-state index in [4.69, 9.17) is 5.11 Å². The lowest BCUT2D eigenvalue weighted by molar-refractivity contribution is 0.0890. The van der Waals surface area contributed by atoms with Gasteiger partial charge in [0.1, 0.15) is 5.82 Å². The van der Waals surface area contributed by atoms with Crippen molar-refractivity contribution in [3.8, 4) is 11.8 Å². The minimum absolute atomic E-state index is 0.0337. The van der Waals surface area contributed by atoms with Gasteiger partial charge in [0.15, 0.2) is 0 Å². The summed E-state index contributed by atoms with van der Waals surface area (Å²) >= 11 is 0. The topological polar surface area (TPSA) is 49.3 Å². The third kappa shape index (κ3) is 4.05. The van der Waals surface area contributed by atoms with E-state index in [1.165, 1.54) is 24.6 Å². The van der Waals surface area contributed by atoms with Crippen molar-refractivity contribution in [3.63, 3.8) is 0 Å². The number of hydrogen-bond donors (Lipinski definition) is 2. The van der Waals surface area contributed by atoms with Crippen LogP contribution in [0.2, 0.25) is 0 Å². The van der Waals surface area contributed by atoms with Crippen LogP contribution >= 0.6 is 0 Å². The molecule has 0 unspecified atom stereocenters. The second kappa shape index (κ2) is 6.73. The molecule has 1 aromatic rings. The minimum atomic E-state index is -0.456. The predicted molar refractivity (Wildman–Crippen MR) is 79.3 cm³/mol. The van der Waals surface area contributed by atoms with Crippen LogP contribution < -0.4 is 5.32 Å². The maximum atomic E-state index is 13.4. The lowest BCUT2D eigenvalue weighted by atomic mass is 9.70. The molecule has 0 radical (unpaired) electrons. The lowest BCUT2D eigenvalue weighted by Gasteiger charge is -2.38. The number of amides is 1. The van der Waals surface area contributed by atoms with Gasteiger partial charge in [-0.1, -0.05) is 25.2 Å². The molecule has 0 atom stereocenters. The van der Waals surface area contributed by atoms with E-state index in [0.29, 0.717) is 18.5 Å². The Kier molecular flexibility index (Phi) is 4.98. The van der Waals surface area contributed by atoms with Gasteiger partial charge in [-0.2, -0.15) is 0 Å². The highest BCUT2D eigenvalue weighted by Crippen LogP contribution is 2.39. The van der Waals surface area contributed by atoms with Crippen LogP contribution in [-0.2, 0) is 0 Å². The Morgan fingerprint density at radius 2 is 2.24 bits per heavy atom. The number of benzene rings is 1. The summed E-state index contributed by atoms with van der Waals surface area (Å²) in [6.45, 7) is 2.71. The first-order valence-corrected chi connectivity index (χ1v) is 7.22. The van der Waals surface area contributed by atoms with Gasteiger partial charge in [0, 0.05) is 18.5 Å². The van der Waals surface area contributed by atoms with Crippen molar-refractivity contribution >= 4 is 5.91 Å². The SMILES string of the molecule is CC1(CNC(=O)c2cc(F)ccc2C#CCCO)CCC1. The summed E-state index contributed by atoms with van der Waals surface area (Å²) in [5.41, 5.74) is 0.913. The maximum Gasteiger partial charge on any atom is 0.252 e. The highest BCUT2D eigenvalue weighted by atomic mass is 19.1. The van der Waals surface area contributed by atoms with Gasteiger partial charge >= 0.3 is 0 Å². The molecule has 1 saturated carbocycles. The van der Waals surface area contributed by atoms with Gasteiger partial charge in [0.2, 0.25) is 0 Å². The predicted octanol–water partition coefficient (Wildman–Crippen LogP) is 2.48. The van der Waals surface area contributed by atoms with Crippen molar-refractivity contribution in [1.29, 1.82) is 0 Å². The molecule has 0 heterocycles. The molecule has 0 spiro atoms. The average molecular weight is 289 g/mol. The summed E-state index contributed by atoms with van der Waals surface area (Å²) < 4.78 is 13.4. The molecule has 4 heteroatoms. The molecule has 112 valence electrons. The van der Waals surface area contributed by atoms with Crippen LogP contribution in [0.1, 0.15) is 48.5 Å². The van der Waals surface area contributed by atoms with E-state index in [2.05, 4.69) is 24.1 Å². The van der Waals surface area contributed by atoms with Crippen molar-refractivity contribution in [2.24, 2.45) is 5.41 Å². The number of nitrogens with one attached hydrogen (secondary N) is 1. The number of rotatable bonds is 4. The zero-order chi connectivity index (χ0) is 15.3. The Hall–Kier alpha value is -1.86. The van der Waals surface area contributed by atoms with Crippen molar-refractivity contribution in [1.82, 2.24) is 5.32 Å². The second-order valence-electron chi connectivity index (χ2n) is 5.81. The van der Waals surface area contributed by atoms with E-state index in [0.717, 1.165) is 12.8 Å². The second-order valence-corrected chi connectivity index (χ2v) is 5.81. The molecule has 1 fully saturated rings. The Morgan fingerprint density at radius 1 is 1.48 bits per heavy atom. The molecule has 21 heavy (non-hydrogen) atoms. The van der Waals surface area contributed by atoms with Crippen LogP contribution in [0.4, 0.5) is 4.39 Å². The summed E-state index contributed by atoms with van der Waals surface area (Å²) in [6, 6.07) is 3.99. The Morgan fingerprint density at radius 3 is 2.86 bits per heavy atom. The molecule has 3 nitrogen and oxygen atoms in total. The summed E-state index contributed by atoms with van der Waals surface area (Å²) in [5.74, 6) is 4.82. The molecule has 1 aliphatic rings. The first-order valence-electron chi connectivity index (χ1n) is 7.22. The standard InChI is InChI=1S/C17H20FNO2/c1-17(8-4-9-17)12-19-16(21)15-11-14(18)7-6-13(15)5-2-3-10-20/h6-7,11,20H,3-4,8-10,12H2,1H3,(H,19,21). The molecule has 0 saturated heterocycles. The maximum absolute atomic E-state index is 13.4. The van der Waals surface area contributed by atoms with Gasteiger partial charge in [-0.25, -0.2) is 4.39 Å². The van der Waals surface area contributed by atoms with Crippen LogP contribution in [0.3, 0.4) is 0 Å². The van der Waals surface area contributed by atoms with Crippen LogP contribution in [0.25, 0.3) is 0 Å². The molecule has 2 rings (SSSR count). The van der Waals surface area contributed by atoms with Gasteiger partial charge in [-0.15, -0.1) is 0 Å². The van der Waals surface area contributed by atoms with Gasteiger partial charge in [0.25, 0.3) is 5.91 Å². The van der Waals surface area contributed by atoms with Crippen molar-refractivity contribution in [2.75, 3.05) is 13.2 Å². The Bertz CT molecular complexity index is 582. The van der Waals surface area contributed by atoms with Crippen LogP contribution in [0.5, 0.6) is 0 Å². The third-order valence-corrected chi connectivity index (χ3v) is 3.92. The van der Waals surface area contributed by atoms with E-state index in [9.17, 15) is 9.18 Å². The van der Waals surface area contributed by atoms with E-state index >= 15 is 0 Å². The minimum Gasteiger partial charge on any atom is -0.395 e. The fraction of sp³-hybridized carbons (Fsp3) is 0.471. The van der Waals surface area contributed by atoms with E-state index in [1.54, 1.807) is 0 Å². The Labute approximate surface area is 124 Å². The average Bonchev–Trinajstić information content (AvgIpc) is 2.44. The van der Waals surface area contributed by atoms with Gasteiger partial charge in [-0.3, -0.25) is 4.79 Å². The van der Waals surface area contributed by atoms with Crippen LogP contribution in [0, 0.1) is 23.1 Å². The largest absolute Gasteiger partial charge is 0.395 e. The normalized spacial score (nSPS) is 15.6. The molecule has 2 N–H and O–H groups in total. The molecule has 1 aliphatic carbocycles. The molecular weight excluding hydrogens is 269 g/mol. The summed E-state index contributed by atoms with van der Waals surface area (Å²) in [6.07, 6.45) is 3.75. The van der Waals surface area contributed by atoms with E-state index < -0.39 is 5.82 Å². The van der Waals surface area contributed by atoms with E-state index in [-0.39, 0.29) is 23.5 Å². The molecule has 1 amide bonds. The quantitative estimate of drug-likeness (QED) is 0.837. The summed E-state index contributed by atoms with van der Waals surface area (Å²) in [7, 11) is 0. The van der Waals surface area contributed by atoms with Gasteiger partial charge in [-0.05, 0) is 36.5 Å². The van der Waals surface area contributed by atoms with Crippen molar-refractivity contribution in [3.05, 3.63) is 35.1 Å². The number of aliphatic hydroxyl groups excluding tert-OH is 1. The van der Waals surface area contributed by atoms with Crippen molar-refractivity contribution < 1.29 is 14.3 Å². The fourth-order valence-electron chi connectivity index (χ4n) is 2.37. The molecule has 0 bridgehead atoms. The third-order valence-electron chi connectivity index (χ3n) is 3.92. The zero-order valence-electron chi connectivity index (χ0n) is 12.2. The Balaban J connectivity index is 2.11. The number of halogens is 1. The number of hydrogen-bond acceptors (Lipinski definition) is 2. The smallest absolute Gasteiger partial charge is 0.252 e. The van der Waals surface area contributed by atoms with Crippen LogP contribution in [0.15, 0.2) is 18.2 Å². The molecule has 0 aromatic heterocycles. The number of carbonyl (C=O) groups is 1. The lowest BCUT2D eigenvalue weighted by Crippen LogP contribution is -2.40. The first-order chi connectivity index (χ1) is 10.0. The molecule has 1 aromatic carbocycles. The van der Waals surface area contributed by atoms with E-state index in [1.807, 2.05) is 0 Å². The van der Waals surface area contributed by atoms with Gasteiger partial charge < -0.3 is 10.4 Å². The number of carbonyl (C=O) groups excluding carboxylic acids is 1. The summed E-state index contributed by atoms with van der Waals surface area (Å²) in [4.78, 5) is 12.2. The van der Waals surface area contributed by atoms with Crippen LogP contribution in [-0.4, -0.2) is 24.2 Å². The molecule has 0 aliphatic heterocycles. The van der Waals surface area contributed by atoms with Crippen molar-refractivity contribution in [2.45, 2.75) is 32.6 Å². The zero-order valence-corrected chi connectivity index (χ0v) is 12.2. The van der Waals surface area contributed by atoms with Gasteiger partial charge in [0.05, 0.1) is 12.2 Å².